The number of rotatable bonds is 2. The molecule has 0 aliphatic carbocycles. The molecule has 0 atom stereocenters. The Morgan fingerprint density at radius 3 is 2.74 bits per heavy atom. The minimum atomic E-state index is 0.396. The number of hydrogen-bond acceptors (Lipinski definition) is 7. The van der Waals surface area contributed by atoms with E-state index in [1.54, 1.807) is 5.38 Å². The summed E-state index contributed by atoms with van der Waals surface area (Å²) in [4.78, 5) is 12.9. The van der Waals surface area contributed by atoms with Gasteiger partial charge in [0.1, 0.15) is 28.2 Å². The van der Waals surface area contributed by atoms with Crippen LogP contribution in [0.25, 0.3) is 22.3 Å². The Hall–Kier alpha value is -1.31. The highest BCUT2D eigenvalue weighted by molar-refractivity contribution is 14.1. The molecule has 3 rings (SSSR count). The smallest absolute Gasteiger partial charge is 0.246 e. The number of aromatic nitrogens is 3. The molecule has 0 N–H and O–H groups in total. The van der Waals surface area contributed by atoms with Crippen LogP contribution in [0.4, 0.5) is 0 Å². The highest BCUT2D eigenvalue weighted by atomic mass is 127. The standard InChI is InChI=1S/C11H5IN4OS2/c1-5-8(10-14-6(2-13)3-18-10)16-9(17-5)7-4-19-11(12)15-7/h3-4H,1H3. The molecule has 0 spiro atoms. The van der Waals surface area contributed by atoms with Crippen molar-refractivity contribution >= 4 is 45.3 Å². The van der Waals surface area contributed by atoms with Crippen molar-refractivity contribution in [3.8, 4) is 28.4 Å². The normalized spacial score (nSPS) is 10.6. The predicted molar refractivity (Wildman–Crippen MR) is 80.9 cm³/mol. The molecule has 0 radical (unpaired) electrons. The Balaban J connectivity index is 2.04. The molecule has 0 bridgehead atoms. The second-order valence-electron chi connectivity index (χ2n) is 3.56. The maximum atomic E-state index is 8.79. The van der Waals surface area contributed by atoms with Gasteiger partial charge in [0.05, 0.1) is 0 Å². The van der Waals surface area contributed by atoms with Crippen LogP contribution in [0.2, 0.25) is 0 Å². The van der Waals surface area contributed by atoms with E-state index in [0.717, 1.165) is 8.71 Å². The quantitative estimate of drug-likeness (QED) is 0.613. The first kappa shape index (κ1) is 12.7. The molecule has 0 aliphatic heterocycles. The van der Waals surface area contributed by atoms with Gasteiger partial charge in [0.15, 0.2) is 8.71 Å². The van der Waals surface area contributed by atoms with Crippen molar-refractivity contribution in [2.45, 2.75) is 6.92 Å². The molecule has 0 unspecified atom stereocenters. The molecule has 19 heavy (non-hydrogen) atoms. The van der Waals surface area contributed by atoms with Gasteiger partial charge >= 0.3 is 0 Å². The van der Waals surface area contributed by atoms with Crippen LogP contribution in [0.15, 0.2) is 15.2 Å². The van der Waals surface area contributed by atoms with Crippen molar-refractivity contribution in [1.82, 2.24) is 15.0 Å². The summed E-state index contributed by atoms with van der Waals surface area (Å²) in [5.74, 6) is 1.16. The zero-order valence-corrected chi connectivity index (χ0v) is 13.3. The molecule has 94 valence electrons. The average molecular weight is 400 g/mol. The fourth-order valence-corrected chi connectivity index (χ4v) is 3.42. The first-order chi connectivity index (χ1) is 9.17. The fraction of sp³-hybridized carbons (Fsp3) is 0.0909. The Kier molecular flexibility index (Phi) is 3.34. The van der Waals surface area contributed by atoms with E-state index in [-0.39, 0.29) is 0 Å². The van der Waals surface area contributed by atoms with Gasteiger partial charge in [0, 0.05) is 10.8 Å². The molecule has 5 nitrogen and oxygen atoms in total. The Bertz CT molecular complexity index is 783. The van der Waals surface area contributed by atoms with Gasteiger partial charge in [-0.2, -0.15) is 5.26 Å². The average Bonchev–Trinajstić information content (AvgIpc) is 3.07. The van der Waals surface area contributed by atoms with E-state index in [1.807, 2.05) is 18.4 Å². The van der Waals surface area contributed by atoms with Crippen molar-refractivity contribution < 1.29 is 4.42 Å². The van der Waals surface area contributed by atoms with Gasteiger partial charge in [-0.25, -0.2) is 15.0 Å². The van der Waals surface area contributed by atoms with Crippen LogP contribution in [0, 0.1) is 21.3 Å². The summed E-state index contributed by atoms with van der Waals surface area (Å²) in [5, 5.41) is 13.1. The van der Waals surface area contributed by atoms with E-state index in [4.69, 9.17) is 9.68 Å². The van der Waals surface area contributed by atoms with Gasteiger partial charge in [-0.3, -0.25) is 0 Å². The monoisotopic (exact) mass is 400 g/mol. The number of hydrogen-bond donors (Lipinski definition) is 0. The van der Waals surface area contributed by atoms with Crippen LogP contribution in [0.5, 0.6) is 0 Å². The lowest BCUT2D eigenvalue weighted by molar-refractivity contribution is 0.541. The highest BCUT2D eigenvalue weighted by Crippen LogP contribution is 2.31. The van der Waals surface area contributed by atoms with E-state index in [1.165, 1.54) is 22.7 Å². The third-order valence-electron chi connectivity index (χ3n) is 2.31. The van der Waals surface area contributed by atoms with Gasteiger partial charge in [0.25, 0.3) is 0 Å². The number of halogens is 1. The van der Waals surface area contributed by atoms with Gasteiger partial charge in [0.2, 0.25) is 5.89 Å². The highest BCUT2D eigenvalue weighted by Gasteiger charge is 2.17. The van der Waals surface area contributed by atoms with Crippen LogP contribution < -0.4 is 0 Å². The van der Waals surface area contributed by atoms with Gasteiger partial charge in [-0.05, 0) is 29.5 Å². The van der Waals surface area contributed by atoms with Crippen molar-refractivity contribution in [1.29, 1.82) is 5.26 Å². The molecule has 0 saturated heterocycles. The molecule has 3 aromatic rings. The van der Waals surface area contributed by atoms with Crippen molar-refractivity contribution in [3.63, 3.8) is 0 Å². The molecule has 8 heteroatoms. The minimum absolute atomic E-state index is 0.396. The van der Waals surface area contributed by atoms with E-state index >= 15 is 0 Å². The summed E-state index contributed by atoms with van der Waals surface area (Å²) in [6.07, 6.45) is 0. The summed E-state index contributed by atoms with van der Waals surface area (Å²) in [7, 11) is 0. The molecule has 0 fully saturated rings. The van der Waals surface area contributed by atoms with Gasteiger partial charge < -0.3 is 4.42 Å². The Morgan fingerprint density at radius 2 is 2.11 bits per heavy atom. The summed E-state index contributed by atoms with van der Waals surface area (Å²) in [6.45, 7) is 1.83. The molecular formula is C11H5IN4OS2. The number of thiazole rings is 2. The topological polar surface area (TPSA) is 75.6 Å². The van der Waals surface area contributed by atoms with E-state index in [2.05, 4.69) is 37.5 Å². The summed E-state index contributed by atoms with van der Waals surface area (Å²) >= 11 is 5.07. The third kappa shape index (κ3) is 2.41. The lowest BCUT2D eigenvalue weighted by Crippen LogP contribution is -1.81. The molecule has 3 heterocycles. The van der Waals surface area contributed by atoms with E-state index < -0.39 is 0 Å². The summed E-state index contributed by atoms with van der Waals surface area (Å²) < 4.78 is 6.56. The summed E-state index contributed by atoms with van der Waals surface area (Å²) in [5.41, 5.74) is 1.79. The molecule has 0 amide bonds. The van der Waals surface area contributed by atoms with Crippen LogP contribution >= 0.6 is 45.3 Å². The first-order valence-electron chi connectivity index (χ1n) is 5.12. The van der Waals surface area contributed by atoms with Crippen molar-refractivity contribution in [2.24, 2.45) is 0 Å². The van der Waals surface area contributed by atoms with Gasteiger partial charge in [-0.1, -0.05) is 0 Å². The number of aryl methyl sites for hydroxylation is 1. The van der Waals surface area contributed by atoms with Crippen LogP contribution in [-0.2, 0) is 0 Å². The number of oxazole rings is 1. The van der Waals surface area contributed by atoms with Crippen LogP contribution in [0.1, 0.15) is 11.5 Å². The van der Waals surface area contributed by atoms with Crippen LogP contribution in [-0.4, -0.2) is 15.0 Å². The SMILES string of the molecule is Cc1oc(-c2csc(I)n2)nc1-c1nc(C#N)cs1. The first-order valence-corrected chi connectivity index (χ1v) is 7.96. The Labute approximate surface area is 130 Å². The fourth-order valence-electron chi connectivity index (χ4n) is 1.49. The molecule has 0 aliphatic rings. The lowest BCUT2D eigenvalue weighted by atomic mass is 10.4. The Morgan fingerprint density at radius 1 is 1.26 bits per heavy atom. The molecule has 0 aromatic carbocycles. The second-order valence-corrected chi connectivity index (χ2v) is 7.03. The number of nitrogens with zero attached hydrogens (tertiary/aromatic N) is 4. The predicted octanol–water partition coefficient (Wildman–Crippen LogP) is 3.71. The minimum Gasteiger partial charge on any atom is -0.439 e. The van der Waals surface area contributed by atoms with E-state index in [0.29, 0.717) is 28.0 Å². The lowest BCUT2D eigenvalue weighted by Gasteiger charge is -1.87. The largest absolute Gasteiger partial charge is 0.439 e. The van der Waals surface area contributed by atoms with Crippen LogP contribution in [0.3, 0.4) is 0 Å². The zero-order chi connectivity index (χ0) is 13.4. The summed E-state index contributed by atoms with van der Waals surface area (Å²) in [6, 6.07) is 2.01. The van der Waals surface area contributed by atoms with Gasteiger partial charge in [-0.15, -0.1) is 22.7 Å². The third-order valence-corrected chi connectivity index (χ3v) is 4.79. The van der Waals surface area contributed by atoms with E-state index in [9.17, 15) is 0 Å². The maximum absolute atomic E-state index is 8.79. The molecule has 3 aromatic heterocycles. The zero-order valence-electron chi connectivity index (χ0n) is 9.55. The number of nitriles is 1. The second kappa shape index (κ2) is 4.99. The van der Waals surface area contributed by atoms with Crippen molar-refractivity contribution in [2.75, 3.05) is 0 Å². The molecular weight excluding hydrogens is 395 g/mol. The van der Waals surface area contributed by atoms with Crippen molar-refractivity contribution in [3.05, 3.63) is 25.2 Å². The molecule has 0 saturated carbocycles. The maximum Gasteiger partial charge on any atom is 0.246 e.